The monoisotopic (exact) mass is 490 g/mol. The topological polar surface area (TPSA) is 61.0 Å². The molecule has 1 aliphatic rings. The third-order valence-electron chi connectivity index (χ3n) is 4.88. The Morgan fingerprint density at radius 3 is 2.93 bits per heavy atom. The highest BCUT2D eigenvalue weighted by Crippen LogP contribution is 2.25. The second-order valence-corrected chi connectivity index (χ2v) is 8.69. The lowest BCUT2D eigenvalue weighted by Crippen LogP contribution is -2.43. The SMILES string of the molecule is O=C(NCc1cccc(Br)c1)[C@@H]1CCCN(c2nc3ccc(Br)cc3[nH]2)C1. The van der Waals surface area contributed by atoms with Crippen LogP contribution in [0.2, 0.25) is 0 Å². The first-order chi connectivity index (χ1) is 13.1. The number of halogens is 2. The lowest BCUT2D eigenvalue weighted by atomic mass is 9.97. The first-order valence-corrected chi connectivity index (χ1v) is 10.6. The zero-order valence-corrected chi connectivity index (χ0v) is 17.9. The maximum absolute atomic E-state index is 12.7. The summed E-state index contributed by atoms with van der Waals surface area (Å²) in [6.45, 7) is 2.15. The van der Waals surface area contributed by atoms with Gasteiger partial charge in [0, 0.05) is 28.6 Å². The Kier molecular flexibility index (Phi) is 5.50. The van der Waals surface area contributed by atoms with E-state index in [9.17, 15) is 4.79 Å². The summed E-state index contributed by atoms with van der Waals surface area (Å²) in [5.41, 5.74) is 3.03. The zero-order chi connectivity index (χ0) is 18.8. The van der Waals surface area contributed by atoms with Gasteiger partial charge in [0.25, 0.3) is 0 Å². The summed E-state index contributed by atoms with van der Waals surface area (Å²) in [4.78, 5) is 22.9. The first-order valence-electron chi connectivity index (χ1n) is 9.01. The molecule has 0 bridgehead atoms. The van der Waals surface area contributed by atoms with Crippen molar-refractivity contribution in [3.63, 3.8) is 0 Å². The number of aromatic nitrogens is 2. The number of benzene rings is 2. The molecule has 2 heterocycles. The van der Waals surface area contributed by atoms with Crippen molar-refractivity contribution in [3.8, 4) is 0 Å². The zero-order valence-electron chi connectivity index (χ0n) is 14.7. The van der Waals surface area contributed by atoms with Gasteiger partial charge in [0.05, 0.1) is 17.0 Å². The average Bonchev–Trinajstić information content (AvgIpc) is 3.09. The number of H-pyrrole nitrogens is 1. The summed E-state index contributed by atoms with van der Waals surface area (Å²) >= 11 is 6.96. The van der Waals surface area contributed by atoms with E-state index in [1.165, 1.54) is 0 Å². The Morgan fingerprint density at radius 2 is 2.07 bits per heavy atom. The molecular formula is C20H20Br2N4O. The van der Waals surface area contributed by atoms with Gasteiger partial charge < -0.3 is 15.2 Å². The third-order valence-corrected chi connectivity index (χ3v) is 5.87. The highest BCUT2D eigenvalue weighted by molar-refractivity contribution is 9.10. The number of nitrogens with zero attached hydrogens (tertiary/aromatic N) is 2. The number of rotatable bonds is 4. The molecule has 5 nitrogen and oxygen atoms in total. The fraction of sp³-hybridized carbons (Fsp3) is 0.300. The largest absolute Gasteiger partial charge is 0.352 e. The molecule has 1 aromatic heterocycles. The van der Waals surface area contributed by atoms with Crippen LogP contribution in [-0.4, -0.2) is 29.0 Å². The summed E-state index contributed by atoms with van der Waals surface area (Å²) in [7, 11) is 0. The van der Waals surface area contributed by atoms with Crippen molar-refractivity contribution in [2.75, 3.05) is 18.0 Å². The van der Waals surface area contributed by atoms with E-state index in [4.69, 9.17) is 0 Å². The Bertz CT molecular complexity index is 972. The maximum Gasteiger partial charge on any atom is 0.225 e. The van der Waals surface area contributed by atoms with E-state index in [1.807, 2.05) is 42.5 Å². The lowest BCUT2D eigenvalue weighted by Gasteiger charge is -2.31. The molecule has 1 amide bonds. The molecule has 4 rings (SSSR count). The van der Waals surface area contributed by atoms with E-state index < -0.39 is 0 Å². The summed E-state index contributed by atoms with van der Waals surface area (Å²) in [5, 5.41) is 3.08. The normalized spacial score (nSPS) is 17.3. The van der Waals surface area contributed by atoms with E-state index in [2.05, 4.69) is 52.0 Å². The van der Waals surface area contributed by atoms with Crippen LogP contribution in [-0.2, 0) is 11.3 Å². The number of amides is 1. The fourth-order valence-electron chi connectivity index (χ4n) is 3.48. The minimum atomic E-state index is -0.0224. The van der Waals surface area contributed by atoms with Crippen LogP contribution in [0.3, 0.4) is 0 Å². The predicted molar refractivity (Wildman–Crippen MR) is 115 cm³/mol. The van der Waals surface area contributed by atoms with Gasteiger partial charge in [-0.05, 0) is 48.7 Å². The molecule has 140 valence electrons. The number of hydrogen-bond acceptors (Lipinski definition) is 3. The van der Waals surface area contributed by atoms with Crippen LogP contribution in [0, 0.1) is 5.92 Å². The van der Waals surface area contributed by atoms with E-state index in [0.29, 0.717) is 13.1 Å². The minimum Gasteiger partial charge on any atom is -0.352 e. The Balaban J connectivity index is 1.41. The molecule has 2 N–H and O–H groups in total. The smallest absolute Gasteiger partial charge is 0.225 e. The summed E-state index contributed by atoms with van der Waals surface area (Å²) in [5.74, 6) is 0.928. The van der Waals surface area contributed by atoms with Crippen LogP contribution in [0.1, 0.15) is 18.4 Å². The number of fused-ring (bicyclic) bond motifs is 1. The lowest BCUT2D eigenvalue weighted by molar-refractivity contribution is -0.125. The Hall–Kier alpha value is -1.86. The first kappa shape index (κ1) is 18.5. The molecule has 0 radical (unpaired) electrons. The van der Waals surface area contributed by atoms with Crippen molar-refractivity contribution in [2.24, 2.45) is 5.92 Å². The van der Waals surface area contributed by atoms with Crippen molar-refractivity contribution < 1.29 is 4.79 Å². The van der Waals surface area contributed by atoms with Gasteiger partial charge in [0.15, 0.2) is 0 Å². The van der Waals surface area contributed by atoms with Crippen LogP contribution in [0.4, 0.5) is 5.95 Å². The second-order valence-electron chi connectivity index (χ2n) is 6.85. The summed E-state index contributed by atoms with van der Waals surface area (Å²) in [6, 6.07) is 14.0. The predicted octanol–water partition coefficient (Wildman–Crippen LogP) is 4.62. The highest BCUT2D eigenvalue weighted by Gasteiger charge is 2.27. The number of nitrogens with one attached hydrogen (secondary N) is 2. The molecule has 0 saturated carbocycles. The number of anilines is 1. The standard InChI is InChI=1S/C20H20Br2N4O/c21-15-5-1-3-13(9-15)11-23-19(27)14-4-2-8-26(12-14)20-24-17-7-6-16(22)10-18(17)25-20/h1,3,5-7,9-10,14H,2,4,8,11-12H2,(H,23,27)(H,24,25)/t14-/m1/s1. The van der Waals surface area contributed by atoms with Crippen molar-refractivity contribution in [3.05, 3.63) is 57.0 Å². The van der Waals surface area contributed by atoms with E-state index in [-0.39, 0.29) is 11.8 Å². The quantitative estimate of drug-likeness (QED) is 0.559. The molecule has 0 unspecified atom stereocenters. The molecule has 0 aliphatic carbocycles. The molecular weight excluding hydrogens is 472 g/mol. The molecule has 27 heavy (non-hydrogen) atoms. The van der Waals surface area contributed by atoms with Crippen LogP contribution < -0.4 is 10.2 Å². The second kappa shape index (κ2) is 8.02. The molecule has 7 heteroatoms. The summed E-state index contributed by atoms with van der Waals surface area (Å²) in [6.07, 6.45) is 1.89. The number of imidazole rings is 1. The van der Waals surface area contributed by atoms with Crippen LogP contribution in [0.5, 0.6) is 0 Å². The maximum atomic E-state index is 12.7. The van der Waals surface area contributed by atoms with Gasteiger partial charge >= 0.3 is 0 Å². The van der Waals surface area contributed by atoms with Crippen LogP contribution in [0.25, 0.3) is 11.0 Å². The van der Waals surface area contributed by atoms with Gasteiger partial charge in [-0.15, -0.1) is 0 Å². The minimum absolute atomic E-state index is 0.0224. The summed E-state index contributed by atoms with van der Waals surface area (Å²) < 4.78 is 2.04. The molecule has 2 aromatic carbocycles. The number of aromatic amines is 1. The molecule has 1 atom stereocenters. The molecule has 0 spiro atoms. The van der Waals surface area contributed by atoms with E-state index in [1.54, 1.807) is 0 Å². The Morgan fingerprint density at radius 1 is 1.22 bits per heavy atom. The van der Waals surface area contributed by atoms with Gasteiger partial charge in [-0.3, -0.25) is 4.79 Å². The van der Waals surface area contributed by atoms with Crippen LogP contribution >= 0.6 is 31.9 Å². The molecule has 3 aromatic rings. The number of hydrogen-bond donors (Lipinski definition) is 2. The van der Waals surface area contributed by atoms with Gasteiger partial charge in [-0.2, -0.15) is 0 Å². The van der Waals surface area contributed by atoms with Crippen molar-refractivity contribution in [1.82, 2.24) is 15.3 Å². The fourth-order valence-corrected chi connectivity index (χ4v) is 4.29. The van der Waals surface area contributed by atoms with Gasteiger partial charge in [-0.1, -0.05) is 44.0 Å². The Labute approximate surface area is 174 Å². The number of carbonyl (C=O) groups excluding carboxylic acids is 1. The van der Waals surface area contributed by atoms with E-state index in [0.717, 1.165) is 50.9 Å². The molecule has 1 fully saturated rings. The van der Waals surface area contributed by atoms with Gasteiger partial charge in [0.1, 0.15) is 0 Å². The van der Waals surface area contributed by atoms with Crippen molar-refractivity contribution >= 4 is 54.7 Å². The highest BCUT2D eigenvalue weighted by atomic mass is 79.9. The number of piperidine rings is 1. The molecule has 1 aliphatic heterocycles. The molecule has 1 saturated heterocycles. The third kappa shape index (κ3) is 4.35. The average molecular weight is 492 g/mol. The van der Waals surface area contributed by atoms with Crippen molar-refractivity contribution in [2.45, 2.75) is 19.4 Å². The van der Waals surface area contributed by atoms with Gasteiger partial charge in [-0.25, -0.2) is 4.98 Å². The van der Waals surface area contributed by atoms with E-state index >= 15 is 0 Å². The van der Waals surface area contributed by atoms with Crippen molar-refractivity contribution in [1.29, 1.82) is 0 Å². The number of carbonyl (C=O) groups is 1. The van der Waals surface area contributed by atoms with Gasteiger partial charge in [0.2, 0.25) is 11.9 Å². The van der Waals surface area contributed by atoms with Crippen LogP contribution in [0.15, 0.2) is 51.4 Å².